The molecule has 0 unspecified atom stereocenters. The summed E-state index contributed by atoms with van der Waals surface area (Å²) in [6.07, 6.45) is 1.25. The SMILES string of the molecule is C[C@@H](O)CNc1ccnc(Cl)c1. The Morgan fingerprint density at radius 1 is 1.75 bits per heavy atom. The Morgan fingerprint density at radius 3 is 3.08 bits per heavy atom. The van der Waals surface area contributed by atoms with Crippen LogP contribution in [-0.2, 0) is 0 Å². The topological polar surface area (TPSA) is 45.1 Å². The van der Waals surface area contributed by atoms with E-state index in [2.05, 4.69) is 10.3 Å². The van der Waals surface area contributed by atoms with Crippen LogP contribution in [0.15, 0.2) is 18.3 Å². The molecule has 0 aliphatic rings. The number of nitrogens with zero attached hydrogens (tertiary/aromatic N) is 1. The number of hydrogen-bond donors (Lipinski definition) is 2. The number of hydrogen-bond acceptors (Lipinski definition) is 3. The summed E-state index contributed by atoms with van der Waals surface area (Å²) in [6.45, 7) is 2.23. The first-order valence-corrected chi connectivity index (χ1v) is 4.10. The molecule has 12 heavy (non-hydrogen) atoms. The lowest BCUT2D eigenvalue weighted by atomic mass is 10.3. The minimum atomic E-state index is -0.364. The van der Waals surface area contributed by atoms with E-state index >= 15 is 0 Å². The van der Waals surface area contributed by atoms with Gasteiger partial charge in [-0.2, -0.15) is 0 Å². The van der Waals surface area contributed by atoms with E-state index in [-0.39, 0.29) is 6.10 Å². The molecule has 4 heteroatoms. The predicted octanol–water partition coefficient (Wildman–Crippen LogP) is 1.53. The molecule has 1 atom stereocenters. The fourth-order valence-electron chi connectivity index (χ4n) is 0.778. The summed E-state index contributed by atoms with van der Waals surface area (Å²) < 4.78 is 0. The molecule has 0 aliphatic heterocycles. The fourth-order valence-corrected chi connectivity index (χ4v) is 0.952. The molecule has 1 aromatic heterocycles. The van der Waals surface area contributed by atoms with Crippen LogP contribution in [0, 0.1) is 0 Å². The van der Waals surface area contributed by atoms with E-state index in [1.165, 1.54) is 0 Å². The molecule has 0 amide bonds. The maximum atomic E-state index is 8.97. The third-order valence-electron chi connectivity index (χ3n) is 1.33. The summed E-state index contributed by atoms with van der Waals surface area (Å²) in [5, 5.41) is 12.4. The summed E-state index contributed by atoms with van der Waals surface area (Å²) in [7, 11) is 0. The first-order chi connectivity index (χ1) is 5.68. The van der Waals surface area contributed by atoms with Crippen LogP contribution >= 0.6 is 11.6 Å². The number of aliphatic hydroxyl groups is 1. The highest BCUT2D eigenvalue weighted by Crippen LogP contribution is 2.11. The van der Waals surface area contributed by atoms with Gasteiger partial charge in [0.15, 0.2) is 0 Å². The summed E-state index contributed by atoms with van der Waals surface area (Å²) in [5.41, 5.74) is 0.871. The maximum Gasteiger partial charge on any atom is 0.131 e. The molecule has 0 spiro atoms. The largest absolute Gasteiger partial charge is 0.392 e. The van der Waals surface area contributed by atoms with E-state index < -0.39 is 0 Å². The van der Waals surface area contributed by atoms with Crippen molar-refractivity contribution in [3.63, 3.8) is 0 Å². The molecule has 0 aromatic carbocycles. The average Bonchev–Trinajstić information content (AvgIpc) is 2.01. The van der Waals surface area contributed by atoms with E-state index in [4.69, 9.17) is 16.7 Å². The van der Waals surface area contributed by atoms with E-state index in [0.717, 1.165) is 5.69 Å². The zero-order valence-corrected chi connectivity index (χ0v) is 7.54. The summed E-state index contributed by atoms with van der Waals surface area (Å²) in [6, 6.07) is 3.51. The molecule has 3 nitrogen and oxygen atoms in total. The van der Waals surface area contributed by atoms with E-state index in [1.54, 1.807) is 25.3 Å². The van der Waals surface area contributed by atoms with Crippen LogP contribution in [0.25, 0.3) is 0 Å². The molecule has 1 rings (SSSR count). The number of halogens is 1. The van der Waals surface area contributed by atoms with Gasteiger partial charge >= 0.3 is 0 Å². The molecule has 0 fully saturated rings. The van der Waals surface area contributed by atoms with Gasteiger partial charge in [-0.05, 0) is 19.1 Å². The molecule has 1 aromatic rings. The second-order valence-electron chi connectivity index (χ2n) is 2.60. The van der Waals surface area contributed by atoms with Crippen LogP contribution < -0.4 is 5.32 Å². The van der Waals surface area contributed by atoms with E-state index in [9.17, 15) is 0 Å². The standard InChI is InChI=1S/C8H11ClN2O/c1-6(12)5-11-7-2-3-10-8(9)4-7/h2-4,6,12H,5H2,1H3,(H,10,11)/t6-/m1/s1. The van der Waals surface area contributed by atoms with Crippen molar-refractivity contribution < 1.29 is 5.11 Å². The fraction of sp³-hybridized carbons (Fsp3) is 0.375. The van der Waals surface area contributed by atoms with Crippen molar-refractivity contribution in [2.45, 2.75) is 13.0 Å². The molecule has 2 N–H and O–H groups in total. The molecule has 0 saturated heterocycles. The number of nitrogens with one attached hydrogen (secondary N) is 1. The Labute approximate surface area is 76.4 Å². The zero-order valence-electron chi connectivity index (χ0n) is 6.79. The van der Waals surface area contributed by atoms with Crippen molar-refractivity contribution in [1.82, 2.24) is 4.98 Å². The number of pyridine rings is 1. The second-order valence-corrected chi connectivity index (χ2v) is 2.98. The first kappa shape index (κ1) is 9.29. The molecule has 0 saturated carbocycles. The van der Waals surface area contributed by atoms with Gasteiger partial charge in [-0.25, -0.2) is 4.98 Å². The molecule has 1 heterocycles. The van der Waals surface area contributed by atoms with Gasteiger partial charge in [0, 0.05) is 18.4 Å². The van der Waals surface area contributed by atoms with Crippen molar-refractivity contribution in [2.24, 2.45) is 0 Å². The Bertz CT molecular complexity index is 253. The van der Waals surface area contributed by atoms with Gasteiger partial charge in [0.25, 0.3) is 0 Å². The number of aromatic nitrogens is 1. The summed E-state index contributed by atoms with van der Waals surface area (Å²) >= 11 is 5.65. The highest BCUT2D eigenvalue weighted by Gasteiger charge is 1.96. The number of rotatable bonds is 3. The van der Waals surface area contributed by atoms with Gasteiger partial charge in [0.2, 0.25) is 0 Å². The Balaban J connectivity index is 2.52. The average molecular weight is 187 g/mol. The van der Waals surface area contributed by atoms with E-state index in [0.29, 0.717) is 11.7 Å². The van der Waals surface area contributed by atoms with Crippen LogP contribution in [0.5, 0.6) is 0 Å². The van der Waals surface area contributed by atoms with Gasteiger partial charge in [-0.1, -0.05) is 11.6 Å². The molecule has 0 radical (unpaired) electrons. The maximum absolute atomic E-state index is 8.97. The smallest absolute Gasteiger partial charge is 0.131 e. The van der Waals surface area contributed by atoms with Crippen LogP contribution in [0.3, 0.4) is 0 Å². The van der Waals surface area contributed by atoms with Crippen molar-refractivity contribution in [3.8, 4) is 0 Å². The van der Waals surface area contributed by atoms with Crippen molar-refractivity contribution in [2.75, 3.05) is 11.9 Å². The monoisotopic (exact) mass is 186 g/mol. The predicted molar refractivity (Wildman–Crippen MR) is 49.4 cm³/mol. The highest BCUT2D eigenvalue weighted by atomic mass is 35.5. The number of anilines is 1. The zero-order chi connectivity index (χ0) is 8.97. The first-order valence-electron chi connectivity index (χ1n) is 3.72. The van der Waals surface area contributed by atoms with Crippen LogP contribution in [-0.4, -0.2) is 22.7 Å². The third kappa shape index (κ3) is 3.07. The lowest BCUT2D eigenvalue weighted by molar-refractivity contribution is 0.208. The third-order valence-corrected chi connectivity index (χ3v) is 1.53. The number of aliphatic hydroxyl groups excluding tert-OH is 1. The lowest BCUT2D eigenvalue weighted by Crippen LogP contribution is -2.15. The van der Waals surface area contributed by atoms with Gasteiger partial charge in [-0.15, -0.1) is 0 Å². The van der Waals surface area contributed by atoms with Gasteiger partial charge < -0.3 is 10.4 Å². The Morgan fingerprint density at radius 2 is 2.50 bits per heavy atom. The van der Waals surface area contributed by atoms with Gasteiger partial charge in [0.05, 0.1) is 6.10 Å². The Kier molecular flexibility index (Phi) is 3.31. The molecular formula is C8H11ClN2O. The minimum absolute atomic E-state index is 0.364. The van der Waals surface area contributed by atoms with Crippen LogP contribution in [0.4, 0.5) is 5.69 Å². The van der Waals surface area contributed by atoms with Gasteiger partial charge in [0.1, 0.15) is 5.15 Å². The van der Waals surface area contributed by atoms with Crippen molar-refractivity contribution in [3.05, 3.63) is 23.5 Å². The molecule has 0 bridgehead atoms. The quantitative estimate of drug-likeness (QED) is 0.704. The molecule has 66 valence electrons. The summed E-state index contributed by atoms with van der Waals surface area (Å²) in [5.74, 6) is 0. The molecule has 0 aliphatic carbocycles. The van der Waals surface area contributed by atoms with Crippen molar-refractivity contribution in [1.29, 1.82) is 0 Å². The minimum Gasteiger partial charge on any atom is -0.392 e. The Hall–Kier alpha value is -0.800. The van der Waals surface area contributed by atoms with E-state index in [1.807, 2.05) is 0 Å². The van der Waals surface area contributed by atoms with Crippen LogP contribution in [0.2, 0.25) is 5.15 Å². The van der Waals surface area contributed by atoms with Crippen molar-refractivity contribution >= 4 is 17.3 Å². The van der Waals surface area contributed by atoms with Gasteiger partial charge in [-0.3, -0.25) is 0 Å². The lowest BCUT2D eigenvalue weighted by Gasteiger charge is -2.07. The normalized spacial score (nSPS) is 12.6. The second kappa shape index (κ2) is 4.28. The molecular weight excluding hydrogens is 176 g/mol. The van der Waals surface area contributed by atoms with Crippen LogP contribution in [0.1, 0.15) is 6.92 Å². The highest BCUT2D eigenvalue weighted by molar-refractivity contribution is 6.29. The summed E-state index contributed by atoms with van der Waals surface area (Å²) in [4.78, 5) is 3.83.